The summed E-state index contributed by atoms with van der Waals surface area (Å²) in [4.78, 5) is 11.5. The van der Waals surface area contributed by atoms with Gasteiger partial charge in [0, 0.05) is 10.2 Å². The third-order valence-electron chi connectivity index (χ3n) is 3.70. The average Bonchev–Trinajstić information content (AvgIpc) is 2.85. The number of carbonyl (C=O) groups is 1. The molecule has 0 radical (unpaired) electrons. The zero-order valence-corrected chi connectivity index (χ0v) is 13.4. The molecule has 0 saturated carbocycles. The molecule has 2 aromatic rings. The Morgan fingerprint density at radius 2 is 1.90 bits per heavy atom. The Labute approximate surface area is 132 Å². The van der Waals surface area contributed by atoms with Gasteiger partial charge in [0.2, 0.25) is 5.91 Å². The lowest BCUT2D eigenvalue weighted by molar-refractivity contribution is -0.115. The van der Waals surface area contributed by atoms with Crippen molar-refractivity contribution >= 4 is 27.5 Å². The number of rotatable bonds is 4. The van der Waals surface area contributed by atoms with Gasteiger partial charge in [0.15, 0.2) is 0 Å². The topological polar surface area (TPSA) is 41.1 Å². The van der Waals surface area contributed by atoms with Gasteiger partial charge in [0.05, 0.1) is 12.5 Å². The molecule has 0 aliphatic carbocycles. The Balaban J connectivity index is 1.96. The Bertz CT molecular complexity index is 667. The summed E-state index contributed by atoms with van der Waals surface area (Å²) >= 11 is 3.47. The molecule has 3 rings (SSSR count). The second-order valence-electron chi connectivity index (χ2n) is 5.18. The third-order valence-corrected chi connectivity index (χ3v) is 4.23. The van der Waals surface area contributed by atoms with E-state index in [1.54, 1.807) is 0 Å². The van der Waals surface area contributed by atoms with Crippen molar-refractivity contribution in [2.24, 2.45) is 0 Å². The second kappa shape index (κ2) is 6.00. The van der Waals surface area contributed by atoms with E-state index in [0.717, 1.165) is 22.3 Å². The van der Waals surface area contributed by atoms with Crippen molar-refractivity contribution in [3.05, 3.63) is 63.6 Å². The first-order chi connectivity index (χ1) is 10.2. The van der Waals surface area contributed by atoms with Crippen LogP contribution in [-0.2, 0) is 11.2 Å². The number of nitrogens with one attached hydrogen (secondary N) is 2. The molecule has 2 N–H and O–H groups in total. The predicted molar refractivity (Wildman–Crippen MR) is 88.4 cm³/mol. The fraction of sp³-hybridized carbons (Fsp3) is 0.235. The van der Waals surface area contributed by atoms with Crippen LogP contribution in [0.3, 0.4) is 0 Å². The molecule has 0 aromatic heterocycles. The summed E-state index contributed by atoms with van der Waals surface area (Å²) in [7, 11) is 0. The van der Waals surface area contributed by atoms with Crippen LogP contribution in [0, 0.1) is 0 Å². The maximum atomic E-state index is 11.5. The molecule has 1 aliphatic heterocycles. The summed E-state index contributed by atoms with van der Waals surface area (Å²) < 4.78 is 1.07. The molecule has 1 amide bonds. The van der Waals surface area contributed by atoms with Gasteiger partial charge in [-0.1, -0.05) is 47.1 Å². The number of amides is 1. The maximum absolute atomic E-state index is 11.5. The molecule has 3 nitrogen and oxygen atoms in total. The van der Waals surface area contributed by atoms with Crippen molar-refractivity contribution in [1.82, 2.24) is 5.32 Å². The summed E-state index contributed by atoms with van der Waals surface area (Å²) in [6.45, 7) is 2.99. The highest BCUT2D eigenvalue weighted by Crippen LogP contribution is 2.29. The van der Waals surface area contributed by atoms with Gasteiger partial charge in [-0.25, -0.2) is 0 Å². The largest absolute Gasteiger partial charge is 0.326 e. The molecule has 4 heteroatoms. The lowest BCUT2D eigenvalue weighted by Crippen LogP contribution is -2.22. The van der Waals surface area contributed by atoms with Gasteiger partial charge in [0.25, 0.3) is 0 Å². The Hall–Kier alpha value is -1.65. The van der Waals surface area contributed by atoms with Crippen LogP contribution in [0.4, 0.5) is 5.69 Å². The quantitative estimate of drug-likeness (QED) is 0.888. The van der Waals surface area contributed by atoms with Crippen molar-refractivity contribution in [3.63, 3.8) is 0 Å². The van der Waals surface area contributed by atoms with Gasteiger partial charge < -0.3 is 10.6 Å². The van der Waals surface area contributed by atoms with E-state index in [9.17, 15) is 4.79 Å². The van der Waals surface area contributed by atoms with Crippen molar-refractivity contribution in [1.29, 1.82) is 0 Å². The zero-order chi connectivity index (χ0) is 14.8. The summed E-state index contributed by atoms with van der Waals surface area (Å²) in [5.74, 6) is 0.0748. The molecule has 2 aromatic carbocycles. The van der Waals surface area contributed by atoms with E-state index in [-0.39, 0.29) is 11.9 Å². The Morgan fingerprint density at radius 1 is 1.19 bits per heavy atom. The van der Waals surface area contributed by atoms with Crippen LogP contribution in [0.15, 0.2) is 46.9 Å². The molecule has 1 atom stereocenters. The molecular formula is C17H17BrN2O. The van der Waals surface area contributed by atoms with E-state index in [2.05, 4.69) is 69.9 Å². The second-order valence-corrected chi connectivity index (χ2v) is 6.10. The minimum atomic E-state index is 0.0748. The number of benzene rings is 2. The van der Waals surface area contributed by atoms with Crippen molar-refractivity contribution in [3.8, 4) is 0 Å². The van der Waals surface area contributed by atoms with Crippen molar-refractivity contribution < 1.29 is 4.79 Å². The SMILES string of the molecule is CCNC(c1ccc(Br)cc1)c1ccc2c(c1)CC(=O)N2. The van der Waals surface area contributed by atoms with Crippen molar-refractivity contribution in [2.45, 2.75) is 19.4 Å². The highest BCUT2D eigenvalue weighted by atomic mass is 79.9. The van der Waals surface area contributed by atoms with Crippen LogP contribution in [0.2, 0.25) is 0 Å². The molecule has 1 aliphatic rings. The van der Waals surface area contributed by atoms with E-state index in [4.69, 9.17) is 0 Å². The number of halogens is 1. The van der Waals surface area contributed by atoms with Crippen LogP contribution in [-0.4, -0.2) is 12.5 Å². The van der Waals surface area contributed by atoms with E-state index in [1.165, 1.54) is 11.1 Å². The van der Waals surface area contributed by atoms with Gasteiger partial charge in [-0.3, -0.25) is 4.79 Å². The molecule has 1 heterocycles. The van der Waals surface area contributed by atoms with Gasteiger partial charge in [-0.15, -0.1) is 0 Å². The number of anilines is 1. The minimum absolute atomic E-state index is 0.0748. The normalized spacial score (nSPS) is 14.7. The third kappa shape index (κ3) is 3.01. The van der Waals surface area contributed by atoms with Gasteiger partial charge in [-0.05, 0) is 41.4 Å². The first-order valence-electron chi connectivity index (χ1n) is 7.09. The fourth-order valence-corrected chi connectivity index (χ4v) is 2.98. The fourth-order valence-electron chi connectivity index (χ4n) is 2.72. The first kappa shape index (κ1) is 14.3. The molecule has 21 heavy (non-hydrogen) atoms. The Kier molecular flexibility index (Phi) is 4.08. The number of hydrogen-bond acceptors (Lipinski definition) is 2. The van der Waals surface area contributed by atoms with Crippen LogP contribution in [0.1, 0.15) is 29.7 Å². The molecule has 0 saturated heterocycles. The van der Waals surface area contributed by atoms with E-state index < -0.39 is 0 Å². The van der Waals surface area contributed by atoms with E-state index in [0.29, 0.717) is 6.42 Å². The lowest BCUT2D eigenvalue weighted by atomic mass is 9.96. The molecule has 1 unspecified atom stereocenters. The summed E-state index contributed by atoms with van der Waals surface area (Å²) in [6.07, 6.45) is 0.475. The first-order valence-corrected chi connectivity index (χ1v) is 7.88. The summed E-state index contributed by atoms with van der Waals surface area (Å²) in [6, 6.07) is 14.7. The molecule has 0 bridgehead atoms. The molecule has 0 fully saturated rings. The van der Waals surface area contributed by atoms with Gasteiger partial charge in [0.1, 0.15) is 0 Å². The average molecular weight is 345 g/mol. The van der Waals surface area contributed by atoms with Crippen molar-refractivity contribution in [2.75, 3.05) is 11.9 Å². The number of fused-ring (bicyclic) bond motifs is 1. The number of hydrogen-bond donors (Lipinski definition) is 2. The van der Waals surface area contributed by atoms with Gasteiger partial charge >= 0.3 is 0 Å². The highest BCUT2D eigenvalue weighted by Gasteiger charge is 2.20. The van der Waals surface area contributed by atoms with Crippen LogP contribution in [0.5, 0.6) is 0 Å². The monoisotopic (exact) mass is 344 g/mol. The molecule has 0 spiro atoms. The van der Waals surface area contributed by atoms with Crippen LogP contribution in [0.25, 0.3) is 0 Å². The highest BCUT2D eigenvalue weighted by molar-refractivity contribution is 9.10. The molecular weight excluding hydrogens is 328 g/mol. The van der Waals surface area contributed by atoms with Crippen LogP contribution >= 0.6 is 15.9 Å². The summed E-state index contributed by atoms with van der Waals surface area (Å²) in [5.41, 5.74) is 4.43. The molecule has 108 valence electrons. The smallest absolute Gasteiger partial charge is 0.228 e. The standard InChI is InChI=1S/C17H17BrN2O/c1-2-19-17(11-3-6-14(18)7-4-11)12-5-8-15-13(9-12)10-16(21)20-15/h3-9,17,19H,2,10H2,1H3,(H,20,21). The van der Waals surface area contributed by atoms with Crippen LogP contribution < -0.4 is 10.6 Å². The minimum Gasteiger partial charge on any atom is -0.326 e. The van der Waals surface area contributed by atoms with E-state index in [1.807, 2.05) is 6.07 Å². The Morgan fingerprint density at radius 3 is 2.62 bits per heavy atom. The zero-order valence-electron chi connectivity index (χ0n) is 11.8. The summed E-state index contributed by atoms with van der Waals surface area (Å²) in [5, 5.41) is 6.39. The van der Waals surface area contributed by atoms with E-state index >= 15 is 0 Å². The number of carbonyl (C=O) groups excluding carboxylic acids is 1. The predicted octanol–water partition coefficient (Wildman–Crippen LogP) is 3.64. The van der Waals surface area contributed by atoms with Gasteiger partial charge in [-0.2, -0.15) is 0 Å². The lowest BCUT2D eigenvalue weighted by Gasteiger charge is -2.20. The maximum Gasteiger partial charge on any atom is 0.228 e.